The van der Waals surface area contributed by atoms with Gasteiger partial charge in [0.1, 0.15) is 5.69 Å². The molecule has 0 spiro atoms. The summed E-state index contributed by atoms with van der Waals surface area (Å²) >= 11 is 0. The lowest BCUT2D eigenvalue weighted by Crippen LogP contribution is -2.50. The van der Waals surface area contributed by atoms with E-state index >= 15 is 0 Å². The van der Waals surface area contributed by atoms with Gasteiger partial charge in [0.15, 0.2) is 6.04 Å². The number of ether oxygens (including phenoxy) is 2. The number of nitro benzene ring substituents is 1. The summed E-state index contributed by atoms with van der Waals surface area (Å²) in [6, 6.07) is 2.95. The van der Waals surface area contributed by atoms with E-state index in [0.29, 0.717) is 6.61 Å². The Kier molecular flexibility index (Phi) is 4.14. The van der Waals surface area contributed by atoms with Gasteiger partial charge >= 0.3 is 11.7 Å². The van der Waals surface area contributed by atoms with Crippen LogP contribution in [0.2, 0.25) is 0 Å². The predicted octanol–water partition coefficient (Wildman–Crippen LogP) is 1.11. The largest absolute Gasteiger partial charge is 0.467 e. The third kappa shape index (κ3) is 2.55. The van der Waals surface area contributed by atoms with Crippen LogP contribution in [0, 0.1) is 15.9 Å². The Morgan fingerprint density at radius 1 is 1.60 bits per heavy atom. The maximum atomic E-state index is 13.7. The Morgan fingerprint density at radius 2 is 2.35 bits per heavy atom. The minimum absolute atomic E-state index is 0.0420. The average molecular weight is 284 g/mol. The lowest BCUT2D eigenvalue weighted by Gasteiger charge is -2.34. The number of halogens is 1. The van der Waals surface area contributed by atoms with Crippen molar-refractivity contribution in [2.45, 2.75) is 6.04 Å². The number of rotatable bonds is 3. The monoisotopic (exact) mass is 284 g/mol. The predicted molar refractivity (Wildman–Crippen MR) is 67.0 cm³/mol. The van der Waals surface area contributed by atoms with Crippen molar-refractivity contribution in [3.63, 3.8) is 0 Å². The van der Waals surface area contributed by atoms with E-state index in [1.54, 1.807) is 0 Å². The summed E-state index contributed by atoms with van der Waals surface area (Å²) in [5, 5.41) is 11.0. The van der Waals surface area contributed by atoms with Crippen molar-refractivity contribution in [1.82, 2.24) is 0 Å². The molecule has 0 bridgehead atoms. The molecule has 0 N–H and O–H groups in total. The van der Waals surface area contributed by atoms with E-state index in [0.717, 1.165) is 6.07 Å². The highest BCUT2D eigenvalue weighted by atomic mass is 19.1. The number of anilines is 1. The quantitative estimate of drug-likeness (QED) is 0.470. The minimum atomic E-state index is -0.942. The molecule has 1 atom stereocenters. The number of nitro groups is 1. The molecule has 1 fully saturated rings. The molecule has 1 aliphatic rings. The second-order valence-corrected chi connectivity index (χ2v) is 4.17. The van der Waals surface area contributed by atoms with Gasteiger partial charge in [0, 0.05) is 6.54 Å². The standard InChI is InChI=1S/C12H13FN2O5/c1-19-12(16)10-7-20-6-5-14(10)9-4-2-3-8(13)11(9)15(17)18/h2-4,10H,5-7H2,1H3. The van der Waals surface area contributed by atoms with Gasteiger partial charge < -0.3 is 14.4 Å². The molecule has 1 saturated heterocycles. The van der Waals surface area contributed by atoms with Crippen molar-refractivity contribution in [1.29, 1.82) is 0 Å². The summed E-state index contributed by atoms with van der Waals surface area (Å²) in [4.78, 5) is 23.4. The summed E-state index contributed by atoms with van der Waals surface area (Å²) in [6.07, 6.45) is 0. The number of carbonyl (C=O) groups excluding carboxylic acids is 1. The molecule has 2 rings (SSSR count). The van der Waals surface area contributed by atoms with E-state index in [4.69, 9.17) is 4.74 Å². The zero-order valence-corrected chi connectivity index (χ0v) is 10.7. The lowest BCUT2D eigenvalue weighted by molar-refractivity contribution is -0.386. The van der Waals surface area contributed by atoms with E-state index in [1.807, 2.05) is 0 Å². The topological polar surface area (TPSA) is 81.9 Å². The van der Waals surface area contributed by atoms with E-state index < -0.39 is 28.4 Å². The van der Waals surface area contributed by atoms with E-state index in [2.05, 4.69) is 4.74 Å². The van der Waals surface area contributed by atoms with Crippen LogP contribution >= 0.6 is 0 Å². The van der Waals surface area contributed by atoms with Crippen LogP contribution < -0.4 is 4.90 Å². The third-order valence-corrected chi connectivity index (χ3v) is 3.06. The number of methoxy groups -OCH3 is 1. The highest BCUT2D eigenvalue weighted by Gasteiger charge is 2.35. The van der Waals surface area contributed by atoms with Gasteiger partial charge in [-0.15, -0.1) is 0 Å². The van der Waals surface area contributed by atoms with Crippen LogP contribution in [0.25, 0.3) is 0 Å². The van der Waals surface area contributed by atoms with Gasteiger partial charge in [-0.05, 0) is 12.1 Å². The van der Waals surface area contributed by atoms with Crippen molar-refractivity contribution in [2.24, 2.45) is 0 Å². The van der Waals surface area contributed by atoms with Gasteiger partial charge in [-0.1, -0.05) is 6.07 Å². The molecule has 7 nitrogen and oxygen atoms in total. The number of esters is 1. The Labute approximate surface area is 114 Å². The van der Waals surface area contributed by atoms with E-state index in [1.165, 1.54) is 24.1 Å². The number of hydrogen-bond donors (Lipinski definition) is 0. The van der Waals surface area contributed by atoms with Crippen molar-refractivity contribution < 1.29 is 23.6 Å². The zero-order valence-electron chi connectivity index (χ0n) is 10.7. The maximum absolute atomic E-state index is 13.7. The van der Waals surface area contributed by atoms with Gasteiger partial charge in [0.25, 0.3) is 0 Å². The fourth-order valence-electron chi connectivity index (χ4n) is 2.14. The molecule has 1 heterocycles. The number of nitrogens with zero attached hydrogens (tertiary/aromatic N) is 2. The molecule has 0 amide bonds. The van der Waals surface area contributed by atoms with Crippen molar-refractivity contribution in [3.8, 4) is 0 Å². The number of carbonyl (C=O) groups is 1. The van der Waals surface area contributed by atoms with Gasteiger partial charge in [0.2, 0.25) is 5.82 Å². The summed E-state index contributed by atoms with van der Waals surface area (Å²) < 4.78 is 23.5. The summed E-state index contributed by atoms with van der Waals surface area (Å²) in [5.74, 6) is -1.52. The first-order chi connectivity index (χ1) is 9.56. The molecule has 0 radical (unpaired) electrons. The second kappa shape index (κ2) is 5.83. The normalized spacial score (nSPS) is 18.7. The third-order valence-electron chi connectivity index (χ3n) is 3.06. The van der Waals surface area contributed by atoms with Gasteiger partial charge in [-0.3, -0.25) is 10.1 Å². The van der Waals surface area contributed by atoms with E-state index in [-0.39, 0.29) is 18.8 Å². The number of morpholine rings is 1. The van der Waals surface area contributed by atoms with Crippen molar-refractivity contribution >= 4 is 17.3 Å². The zero-order chi connectivity index (χ0) is 14.7. The number of benzene rings is 1. The van der Waals surface area contributed by atoms with Crippen LogP contribution in [0.3, 0.4) is 0 Å². The highest BCUT2D eigenvalue weighted by Crippen LogP contribution is 2.33. The first-order valence-corrected chi connectivity index (χ1v) is 5.91. The molecule has 1 unspecified atom stereocenters. The molecule has 1 aliphatic heterocycles. The molecule has 0 aliphatic carbocycles. The molecule has 108 valence electrons. The second-order valence-electron chi connectivity index (χ2n) is 4.17. The molecule has 0 saturated carbocycles. The van der Waals surface area contributed by atoms with E-state index in [9.17, 15) is 19.3 Å². The van der Waals surface area contributed by atoms with Gasteiger partial charge in [-0.2, -0.15) is 4.39 Å². The van der Waals surface area contributed by atoms with Crippen molar-refractivity contribution in [3.05, 3.63) is 34.1 Å². The van der Waals surface area contributed by atoms with Crippen LogP contribution in [0.4, 0.5) is 15.8 Å². The molecular weight excluding hydrogens is 271 g/mol. The van der Waals surface area contributed by atoms with Crippen LogP contribution in [0.15, 0.2) is 18.2 Å². The minimum Gasteiger partial charge on any atom is -0.467 e. The Bertz CT molecular complexity index is 537. The van der Waals surface area contributed by atoms with Crippen LogP contribution in [0.1, 0.15) is 0 Å². The smallest absolute Gasteiger partial charge is 0.330 e. The van der Waals surface area contributed by atoms with Crippen LogP contribution in [0.5, 0.6) is 0 Å². The summed E-state index contributed by atoms with van der Waals surface area (Å²) in [5.41, 5.74) is -0.600. The molecule has 8 heteroatoms. The highest BCUT2D eigenvalue weighted by molar-refractivity contribution is 5.82. The SMILES string of the molecule is COC(=O)C1COCCN1c1cccc(F)c1[N+](=O)[O-]. The van der Waals surface area contributed by atoms with Crippen molar-refractivity contribution in [2.75, 3.05) is 31.8 Å². The van der Waals surface area contributed by atoms with Gasteiger partial charge in [0.05, 0.1) is 25.2 Å². The molecule has 1 aromatic rings. The molecule has 1 aromatic carbocycles. The Hall–Kier alpha value is -2.22. The Morgan fingerprint density at radius 3 is 3.00 bits per heavy atom. The van der Waals surface area contributed by atoms with Crippen LogP contribution in [-0.4, -0.2) is 43.8 Å². The summed E-state index contributed by atoms with van der Waals surface area (Å²) in [7, 11) is 1.22. The molecule has 20 heavy (non-hydrogen) atoms. The lowest BCUT2D eigenvalue weighted by atomic mass is 10.1. The van der Waals surface area contributed by atoms with Gasteiger partial charge in [-0.25, -0.2) is 4.79 Å². The average Bonchev–Trinajstić information content (AvgIpc) is 2.45. The molecule has 0 aromatic heterocycles. The van der Waals surface area contributed by atoms with Crippen LogP contribution in [-0.2, 0) is 14.3 Å². The number of hydrogen-bond acceptors (Lipinski definition) is 6. The maximum Gasteiger partial charge on any atom is 0.330 e. The summed E-state index contributed by atoms with van der Waals surface area (Å²) in [6.45, 7) is 0.575. The fraction of sp³-hybridized carbons (Fsp3) is 0.417. The Balaban J connectivity index is 2.45. The molecular formula is C12H13FN2O5. The first-order valence-electron chi connectivity index (χ1n) is 5.91. The number of para-hydroxylation sites is 1. The fourth-order valence-corrected chi connectivity index (χ4v) is 2.14. The first kappa shape index (κ1) is 14.2.